The minimum absolute atomic E-state index is 0.303. The second kappa shape index (κ2) is 6.26. The number of hydrogen-bond donors (Lipinski definition) is 1. The molecule has 0 saturated heterocycles. The van der Waals surface area contributed by atoms with E-state index < -0.39 is 0 Å². The third kappa shape index (κ3) is 4.14. The monoisotopic (exact) mass is 286 g/mol. The molecule has 0 aliphatic rings. The van der Waals surface area contributed by atoms with Crippen LogP contribution in [0.25, 0.3) is 0 Å². The second-order valence-electron chi connectivity index (χ2n) is 4.44. The fraction of sp³-hybridized carbons (Fsp3) is 0.538. The largest absolute Gasteiger partial charge is 0.496 e. The Morgan fingerprint density at radius 1 is 1.38 bits per heavy atom. The molecular formula is C13H19BrO2. The lowest BCUT2D eigenvalue weighted by atomic mass is 9.99. The van der Waals surface area contributed by atoms with Crippen LogP contribution in [0, 0.1) is 5.92 Å². The van der Waals surface area contributed by atoms with E-state index >= 15 is 0 Å². The molecule has 90 valence electrons. The summed E-state index contributed by atoms with van der Waals surface area (Å²) >= 11 is 3.43. The van der Waals surface area contributed by atoms with Gasteiger partial charge in [-0.1, -0.05) is 29.8 Å². The Morgan fingerprint density at radius 2 is 2.06 bits per heavy atom. The topological polar surface area (TPSA) is 29.5 Å². The first-order valence-electron chi connectivity index (χ1n) is 5.53. The van der Waals surface area contributed by atoms with Gasteiger partial charge in [0.05, 0.1) is 13.2 Å². The van der Waals surface area contributed by atoms with E-state index in [1.165, 1.54) is 0 Å². The van der Waals surface area contributed by atoms with Gasteiger partial charge in [0.1, 0.15) is 5.75 Å². The maximum atomic E-state index is 9.91. The van der Waals surface area contributed by atoms with Crippen molar-refractivity contribution in [3.63, 3.8) is 0 Å². The van der Waals surface area contributed by atoms with E-state index in [2.05, 4.69) is 29.8 Å². The molecule has 1 aromatic rings. The maximum absolute atomic E-state index is 9.91. The van der Waals surface area contributed by atoms with Crippen LogP contribution in [0.15, 0.2) is 22.7 Å². The molecular weight excluding hydrogens is 268 g/mol. The second-order valence-corrected chi connectivity index (χ2v) is 5.36. The highest BCUT2D eigenvalue weighted by atomic mass is 79.9. The average molecular weight is 287 g/mol. The Morgan fingerprint density at radius 3 is 2.62 bits per heavy atom. The van der Waals surface area contributed by atoms with Gasteiger partial charge in [-0.25, -0.2) is 0 Å². The van der Waals surface area contributed by atoms with Gasteiger partial charge in [0.15, 0.2) is 0 Å². The lowest BCUT2D eigenvalue weighted by Crippen LogP contribution is -2.14. The first-order valence-corrected chi connectivity index (χ1v) is 6.32. The predicted molar refractivity (Wildman–Crippen MR) is 69.9 cm³/mol. The summed E-state index contributed by atoms with van der Waals surface area (Å²) in [4.78, 5) is 0. The number of ether oxygens (including phenoxy) is 1. The number of benzene rings is 1. The van der Waals surface area contributed by atoms with Gasteiger partial charge in [0, 0.05) is 10.9 Å². The molecule has 0 amide bonds. The smallest absolute Gasteiger partial charge is 0.122 e. The van der Waals surface area contributed by atoms with Crippen molar-refractivity contribution in [1.82, 2.24) is 0 Å². The summed E-state index contributed by atoms with van der Waals surface area (Å²) in [6.45, 7) is 4.22. The first kappa shape index (κ1) is 13.5. The van der Waals surface area contributed by atoms with Gasteiger partial charge >= 0.3 is 0 Å². The minimum atomic E-state index is -0.303. The van der Waals surface area contributed by atoms with E-state index in [1.807, 2.05) is 18.2 Å². The van der Waals surface area contributed by atoms with Crippen LogP contribution < -0.4 is 4.74 Å². The molecule has 0 saturated carbocycles. The fourth-order valence-corrected chi connectivity index (χ4v) is 2.20. The minimum Gasteiger partial charge on any atom is -0.496 e. The van der Waals surface area contributed by atoms with Crippen LogP contribution in [0.4, 0.5) is 0 Å². The number of rotatable bonds is 5. The molecule has 1 aromatic carbocycles. The first-order chi connectivity index (χ1) is 7.52. The normalized spacial score (nSPS) is 12.9. The van der Waals surface area contributed by atoms with Gasteiger partial charge in [0.2, 0.25) is 0 Å². The van der Waals surface area contributed by atoms with Gasteiger partial charge in [0.25, 0.3) is 0 Å². The van der Waals surface area contributed by atoms with Crippen LogP contribution in [0.1, 0.15) is 25.8 Å². The zero-order valence-corrected chi connectivity index (χ0v) is 11.6. The van der Waals surface area contributed by atoms with Crippen molar-refractivity contribution >= 4 is 15.9 Å². The molecule has 0 fully saturated rings. The van der Waals surface area contributed by atoms with Crippen molar-refractivity contribution in [3.8, 4) is 5.75 Å². The molecule has 0 aromatic heterocycles. The maximum Gasteiger partial charge on any atom is 0.122 e. The van der Waals surface area contributed by atoms with E-state index in [0.717, 1.165) is 22.2 Å². The summed E-state index contributed by atoms with van der Waals surface area (Å²) in [5.74, 6) is 1.35. The number of hydrogen-bond acceptors (Lipinski definition) is 2. The van der Waals surface area contributed by atoms with Crippen molar-refractivity contribution < 1.29 is 9.84 Å². The SMILES string of the molecule is COc1ccc(Br)cc1CC(O)CC(C)C. The molecule has 0 spiro atoms. The van der Waals surface area contributed by atoms with Crippen molar-refractivity contribution in [1.29, 1.82) is 0 Å². The zero-order chi connectivity index (χ0) is 12.1. The Labute approximate surface area is 106 Å². The van der Waals surface area contributed by atoms with Crippen LogP contribution in [0.2, 0.25) is 0 Å². The Bertz CT molecular complexity index is 337. The van der Waals surface area contributed by atoms with Gasteiger partial charge in [-0.15, -0.1) is 0 Å². The molecule has 0 heterocycles. The Hall–Kier alpha value is -0.540. The third-order valence-corrected chi connectivity index (χ3v) is 2.93. The van der Waals surface area contributed by atoms with Crippen LogP contribution in [0.3, 0.4) is 0 Å². The summed E-state index contributed by atoms with van der Waals surface area (Å²) < 4.78 is 6.29. The summed E-state index contributed by atoms with van der Waals surface area (Å²) in [5.41, 5.74) is 1.05. The Kier molecular flexibility index (Phi) is 5.29. The van der Waals surface area contributed by atoms with Gasteiger partial charge < -0.3 is 9.84 Å². The molecule has 0 bridgehead atoms. The van der Waals surface area contributed by atoms with Gasteiger partial charge in [-0.05, 0) is 36.1 Å². The molecule has 0 aliphatic heterocycles. The van der Waals surface area contributed by atoms with Gasteiger partial charge in [-0.3, -0.25) is 0 Å². The molecule has 1 rings (SSSR count). The summed E-state index contributed by atoms with van der Waals surface area (Å²) in [6.07, 6.45) is 1.15. The molecule has 1 unspecified atom stereocenters. The summed E-state index contributed by atoms with van der Waals surface area (Å²) in [5, 5.41) is 9.91. The lowest BCUT2D eigenvalue weighted by Gasteiger charge is -2.15. The number of methoxy groups -OCH3 is 1. The van der Waals surface area contributed by atoms with Gasteiger partial charge in [-0.2, -0.15) is 0 Å². The molecule has 1 atom stereocenters. The molecule has 0 aliphatic carbocycles. The molecule has 2 nitrogen and oxygen atoms in total. The number of aliphatic hydroxyl groups is 1. The number of halogens is 1. The number of aliphatic hydroxyl groups excluding tert-OH is 1. The lowest BCUT2D eigenvalue weighted by molar-refractivity contribution is 0.148. The third-order valence-electron chi connectivity index (χ3n) is 2.44. The fourth-order valence-electron chi connectivity index (χ4n) is 1.79. The quantitative estimate of drug-likeness (QED) is 0.899. The van der Waals surface area contributed by atoms with Crippen molar-refractivity contribution in [2.24, 2.45) is 5.92 Å². The Balaban J connectivity index is 2.74. The predicted octanol–water partition coefficient (Wildman–Crippen LogP) is 3.41. The average Bonchev–Trinajstić information content (AvgIpc) is 2.16. The van der Waals surface area contributed by atoms with Crippen LogP contribution in [-0.4, -0.2) is 18.3 Å². The highest BCUT2D eigenvalue weighted by molar-refractivity contribution is 9.10. The zero-order valence-electron chi connectivity index (χ0n) is 10.0. The summed E-state index contributed by atoms with van der Waals surface area (Å²) in [7, 11) is 1.65. The van der Waals surface area contributed by atoms with Crippen LogP contribution in [0.5, 0.6) is 5.75 Å². The van der Waals surface area contributed by atoms with E-state index in [4.69, 9.17) is 4.74 Å². The van der Waals surface area contributed by atoms with Crippen LogP contribution >= 0.6 is 15.9 Å². The standard InChI is InChI=1S/C13H19BrO2/c1-9(2)6-12(15)8-10-7-11(14)4-5-13(10)16-3/h4-5,7,9,12,15H,6,8H2,1-3H3. The van der Waals surface area contributed by atoms with Crippen molar-refractivity contribution in [2.45, 2.75) is 32.8 Å². The van der Waals surface area contributed by atoms with E-state index in [0.29, 0.717) is 12.3 Å². The molecule has 0 radical (unpaired) electrons. The van der Waals surface area contributed by atoms with E-state index in [-0.39, 0.29) is 6.10 Å². The van der Waals surface area contributed by atoms with Crippen molar-refractivity contribution in [3.05, 3.63) is 28.2 Å². The summed E-state index contributed by atoms with van der Waals surface area (Å²) in [6, 6.07) is 5.86. The molecule has 16 heavy (non-hydrogen) atoms. The van der Waals surface area contributed by atoms with Crippen LogP contribution in [-0.2, 0) is 6.42 Å². The van der Waals surface area contributed by atoms with Crippen molar-refractivity contribution in [2.75, 3.05) is 7.11 Å². The van der Waals surface area contributed by atoms with E-state index in [9.17, 15) is 5.11 Å². The molecule has 1 N–H and O–H groups in total. The highest BCUT2D eigenvalue weighted by Gasteiger charge is 2.11. The highest BCUT2D eigenvalue weighted by Crippen LogP contribution is 2.25. The molecule has 3 heteroatoms. The van der Waals surface area contributed by atoms with E-state index in [1.54, 1.807) is 7.11 Å².